The molecule has 5 heteroatoms. The van der Waals surface area contributed by atoms with Crippen LogP contribution in [0.2, 0.25) is 5.02 Å². The predicted octanol–water partition coefficient (Wildman–Crippen LogP) is 4.69. The number of aryl methyl sites for hydroxylation is 1. The molecule has 0 spiro atoms. The smallest absolute Gasteiger partial charge is 0.277 e. The van der Waals surface area contributed by atoms with Crippen LogP contribution < -0.4 is 10.2 Å². The average molecular weight is 359 g/mol. The molecule has 0 saturated heterocycles. The van der Waals surface area contributed by atoms with Crippen molar-refractivity contribution in [2.75, 3.05) is 6.61 Å². The maximum atomic E-state index is 12.0. The van der Waals surface area contributed by atoms with E-state index >= 15 is 0 Å². The summed E-state index contributed by atoms with van der Waals surface area (Å²) in [5, 5.41) is 4.77. The standard InChI is InChI=1S/C20H23ClN2O2/c1-13(2)18-10-5-14(3)11-19(18)25-12-20(24)23-22-15(4)16-6-8-17(21)9-7-16/h5-11,13H,12H2,1-4H3,(H,23,24)/b22-15-. The van der Waals surface area contributed by atoms with Gasteiger partial charge in [-0.15, -0.1) is 0 Å². The fraction of sp³-hybridized carbons (Fsp3) is 0.300. The average Bonchev–Trinajstić information content (AvgIpc) is 2.58. The van der Waals surface area contributed by atoms with Gasteiger partial charge >= 0.3 is 0 Å². The molecule has 0 aromatic heterocycles. The summed E-state index contributed by atoms with van der Waals surface area (Å²) in [7, 11) is 0. The van der Waals surface area contributed by atoms with Crippen LogP contribution in [0.4, 0.5) is 0 Å². The van der Waals surface area contributed by atoms with Gasteiger partial charge in [0.1, 0.15) is 5.75 Å². The van der Waals surface area contributed by atoms with Gasteiger partial charge in [0.25, 0.3) is 5.91 Å². The number of hydrogen-bond acceptors (Lipinski definition) is 3. The summed E-state index contributed by atoms with van der Waals surface area (Å²) >= 11 is 5.86. The van der Waals surface area contributed by atoms with E-state index in [1.54, 1.807) is 12.1 Å². The SMILES string of the molecule is C/C(=N/NC(=O)COc1cc(C)ccc1C(C)C)c1ccc(Cl)cc1. The van der Waals surface area contributed by atoms with E-state index in [-0.39, 0.29) is 12.5 Å². The summed E-state index contributed by atoms with van der Waals surface area (Å²) in [6.07, 6.45) is 0. The zero-order chi connectivity index (χ0) is 18.4. The molecule has 25 heavy (non-hydrogen) atoms. The van der Waals surface area contributed by atoms with Crippen molar-refractivity contribution in [1.82, 2.24) is 5.43 Å². The first kappa shape index (κ1) is 19.0. The molecule has 2 aromatic rings. The van der Waals surface area contributed by atoms with Crippen LogP contribution in [-0.2, 0) is 4.79 Å². The Bertz CT molecular complexity index is 768. The number of carbonyl (C=O) groups is 1. The van der Waals surface area contributed by atoms with Crippen LogP contribution in [0.3, 0.4) is 0 Å². The highest BCUT2D eigenvalue weighted by molar-refractivity contribution is 6.30. The molecule has 0 unspecified atom stereocenters. The van der Waals surface area contributed by atoms with E-state index in [2.05, 4.69) is 24.4 Å². The number of amides is 1. The van der Waals surface area contributed by atoms with Crippen molar-refractivity contribution < 1.29 is 9.53 Å². The molecule has 1 amide bonds. The number of halogens is 1. The number of benzene rings is 2. The Hall–Kier alpha value is -2.33. The Morgan fingerprint density at radius 2 is 1.88 bits per heavy atom. The van der Waals surface area contributed by atoms with Crippen LogP contribution in [-0.4, -0.2) is 18.2 Å². The molecule has 0 fully saturated rings. The van der Waals surface area contributed by atoms with Crippen LogP contribution in [0.25, 0.3) is 0 Å². The van der Waals surface area contributed by atoms with E-state index in [4.69, 9.17) is 16.3 Å². The molecule has 0 aliphatic heterocycles. The van der Waals surface area contributed by atoms with Crippen molar-refractivity contribution in [3.8, 4) is 5.75 Å². The molecule has 0 aliphatic rings. The van der Waals surface area contributed by atoms with E-state index in [1.165, 1.54) is 0 Å². The molecular formula is C20H23ClN2O2. The minimum atomic E-state index is -0.301. The molecule has 0 heterocycles. The van der Waals surface area contributed by atoms with Crippen LogP contribution in [0.15, 0.2) is 47.6 Å². The fourth-order valence-corrected chi connectivity index (χ4v) is 2.45. The highest BCUT2D eigenvalue weighted by Crippen LogP contribution is 2.27. The second kappa shape index (κ2) is 8.67. The van der Waals surface area contributed by atoms with Gasteiger partial charge in [-0.1, -0.05) is 49.7 Å². The number of nitrogens with zero attached hydrogens (tertiary/aromatic N) is 1. The van der Waals surface area contributed by atoms with E-state index in [1.807, 2.05) is 44.2 Å². The molecule has 2 aromatic carbocycles. The topological polar surface area (TPSA) is 50.7 Å². The highest BCUT2D eigenvalue weighted by Gasteiger charge is 2.10. The maximum Gasteiger partial charge on any atom is 0.277 e. The molecule has 0 radical (unpaired) electrons. The fourth-order valence-electron chi connectivity index (χ4n) is 2.32. The molecular weight excluding hydrogens is 336 g/mol. The summed E-state index contributed by atoms with van der Waals surface area (Å²) in [6, 6.07) is 13.3. The van der Waals surface area contributed by atoms with Crippen molar-refractivity contribution in [1.29, 1.82) is 0 Å². The van der Waals surface area contributed by atoms with Gasteiger partial charge in [-0.05, 0) is 54.7 Å². The zero-order valence-electron chi connectivity index (χ0n) is 15.0. The minimum absolute atomic E-state index is 0.0828. The summed E-state index contributed by atoms with van der Waals surface area (Å²) < 4.78 is 5.70. The highest BCUT2D eigenvalue weighted by atomic mass is 35.5. The monoisotopic (exact) mass is 358 g/mol. The third-order valence-corrected chi connectivity index (χ3v) is 4.01. The number of carbonyl (C=O) groups excluding carboxylic acids is 1. The van der Waals surface area contributed by atoms with Gasteiger partial charge < -0.3 is 4.74 Å². The molecule has 0 atom stereocenters. The normalized spacial score (nSPS) is 11.5. The van der Waals surface area contributed by atoms with Crippen molar-refractivity contribution in [3.05, 3.63) is 64.2 Å². The lowest BCUT2D eigenvalue weighted by molar-refractivity contribution is -0.123. The molecule has 2 rings (SSSR count). The second-order valence-electron chi connectivity index (χ2n) is 6.22. The second-order valence-corrected chi connectivity index (χ2v) is 6.66. The first-order valence-corrected chi connectivity index (χ1v) is 8.57. The largest absolute Gasteiger partial charge is 0.483 e. The first-order valence-electron chi connectivity index (χ1n) is 8.19. The summed E-state index contributed by atoms with van der Waals surface area (Å²) in [5.74, 6) is 0.761. The molecule has 4 nitrogen and oxygen atoms in total. The lowest BCUT2D eigenvalue weighted by Gasteiger charge is -2.14. The summed E-state index contributed by atoms with van der Waals surface area (Å²) in [5.41, 5.74) is 6.29. The third kappa shape index (κ3) is 5.61. The molecule has 0 saturated carbocycles. The number of nitrogens with one attached hydrogen (secondary N) is 1. The van der Waals surface area contributed by atoms with Crippen molar-refractivity contribution in [3.63, 3.8) is 0 Å². The summed E-state index contributed by atoms with van der Waals surface area (Å²) in [6.45, 7) is 7.92. The maximum absolute atomic E-state index is 12.0. The van der Waals surface area contributed by atoms with Gasteiger partial charge in [-0.2, -0.15) is 5.10 Å². The third-order valence-electron chi connectivity index (χ3n) is 3.76. The van der Waals surface area contributed by atoms with Crippen LogP contribution in [0.5, 0.6) is 5.75 Å². The van der Waals surface area contributed by atoms with Crippen LogP contribution in [0, 0.1) is 6.92 Å². The summed E-state index contributed by atoms with van der Waals surface area (Å²) in [4.78, 5) is 12.0. The van der Waals surface area contributed by atoms with Gasteiger partial charge in [-0.3, -0.25) is 4.79 Å². The van der Waals surface area contributed by atoms with Crippen molar-refractivity contribution in [2.45, 2.75) is 33.6 Å². The number of hydrogen-bond donors (Lipinski definition) is 1. The number of hydrazone groups is 1. The van der Waals surface area contributed by atoms with Crippen LogP contribution >= 0.6 is 11.6 Å². The molecule has 0 bridgehead atoms. The zero-order valence-corrected chi connectivity index (χ0v) is 15.7. The Morgan fingerprint density at radius 1 is 1.20 bits per heavy atom. The van der Waals surface area contributed by atoms with E-state index < -0.39 is 0 Å². The van der Waals surface area contributed by atoms with E-state index in [0.717, 1.165) is 22.4 Å². The van der Waals surface area contributed by atoms with Gasteiger partial charge in [-0.25, -0.2) is 5.43 Å². The van der Waals surface area contributed by atoms with Crippen molar-refractivity contribution in [2.24, 2.45) is 5.10 Å². The van der Waals surface area contributed by atoms with Gasteiger partial charge in [0, 0.05) is 5.02 Å². The molecule has 0 aliphatic carbocycles. The Kier molecular flexibility index (Phi) is 6.59. The predicted molar refractivity (Wildman–Crippen MR) is 103 cm³/mol. The Labute approximate surface area is 153 Å². The first-order chi connectivity index (χ1) is 11.9. The quantitative estimate of drug-likeness (QED) is 0.601. The van der Waals surface area contributed by atoms with Crippen molar-refractivity contribution >= 4 is 23.2 Å². The van der Waals surface area contributed by atoms with E-state index in [0.29, 0.717) is 16.7 Å². The molecule has 1 N–H and O–H groups in total. The Balaban J connectivity index is 1.96. The van der Waals surface area contributed by atoms with Gasteiger partial charge in [0.05, 0.1) is 5.71 Å². The molecule has 132 valence electrons. The van der Waals surface area contributed by atoms with E-state index in [9.17, 15) is 4.79 Å². The lowest BCUT2D eigenvalue weighted by Crippen LogP contribution is -2.26. The Morgan fingerprint density at radius 3 is 2.52 bits per heavy atom. The number of ether oxygens (including phenoxy) is 1. The number of rotatable bonds is 6. The lowest BCUT2D eigenvalue weighted by atomic mass is 10.0. The van der Waals surface area contributed by atoms with Gasteiger partial charge in [0.15, 0.2) is 6.61 Å². The van der Waals surface area contributed by atoms with Crippen LogP contribution in [0.1, 0.15) is 43.4 Å². The van der Waals surface area contributed by atoms with Gasteiger partial charge in [0.2, 0.25) is 0 Å². The minimum Gasteiger partial charge on any atom is -0.483 e.